The molecule has 0 saturated carbocycles. The van der Waals surface area contributed by atoms with Gasteiger partial charge in [-0.1, -0.05) is 20.8 Å². The van der Waals surface area contributed by atoms with E-state index < -0.39 is 6.10 Å². The smallest absolute Gasteiger partial charge is 0.252 e. The van der Waals surface area contributed by atoms with Gasteiger partial charge in [-0.2, -0.15) is 0 Å². The minimum Gasteiger partial charge on any atom is -0.393 e. The molecule has 1 rings (SSSR count). The van der Waals surface area contributed by atoms with Gasteiger partial charge in [0.15, 0.2) is 0 Å². The lowest BCUT2D eigenvalue weighted by Crippen LogP contribution is -2.32. The molecule has 1 atom stereocenters. The van der Waals surface area contributed by atoms with Crippen molar-refractivity contribution in [2.75, 3.05) is 6.54 Å². The molecule has 0 aliphatic heterocycles. The van der Waals surface area contributed by atoms with Gasteiger partial charge in [-0.3, -0.25) is 4.79 Å². The molecule has 1 amide bonds. The van der Waals surface area contributed by atoms with Gasteiger partial charge in [-0.15, -0.1) is 11.3 Å². The number of aryl methyl sites for hydroxylation is 1. The summed E-state index contributed by atoms with van der Waals surface area (Å²) in [6, 6.07) is 0. The van der Waals surface area contributed by atoms with Crippen molar-refractivity contribution in [3.63, 3.8) is 0 Å². The Morgan fingerprint density at radius 2 is 2.06 bits per heavy atom. The van der Waals surface area contributed by atoms with E-state index >= 15 is 0 Å². The molecule has 102 valence electrons. The summed E-state index contributed by atoms with van der Waals surface area (Å²) in [7, 11) is 0. The van der Waals surface area contributed by atoms with Crippen LogP contribution in [0.15, 0.2) is 5.38 Å². The molecule has 0 radical (unpaired) electrons. The largest absolute Gasteiger partial charge is 0.393 e. The highest BCUT2D eigenvalue weighted by molar-refractivity contribution is 7.10. The van der Waals surface area contributed by atoms with E-state index in [-0.39, 0.29) is 11.3 Å². The van der Waals surface area contributed by atoms with Gasteiger partial charge >= 0.3 is 0 Å². The summed E-state index contributed by atoms with van der Waals surface area (Å²) in [5.74, 6) is -0.0436. The van der Waals surface area contributed by atoms with Crippen molar-refractivity contribution in [3.8, 4) is 0 Å². The highest BCUT2D eigenvalue weighted by Crippen LogP contribution is 2.22. The third-order valence-corrected chi connectivity index (χ3v) is 4.25. The number of carbonyl (C=O) groups is 1. The standard InChI is InChI=1S/C14H23NO2S/c1-9-10(2)18-8-11(9)13(17)15-7-6-12(16)14(3,4)5/h8,12,16H,6-7H2,1-5H3,(H,15,17). The number of hydrogen-bond donors (Lipinski definition) is 2. The quantitative estimate of drug-likeness (QED) is 0.883. The van der Waals surface area contributed by atoms with E-state index in [9.17, 15) is 9.90 Å². The summed E-state index contributed by atoms with van der Waals surface area (Å²) in [5, 5.41) is 14.6. The molecule has 18 heavy (non-hydrogen) atoms. The van der Waals surface area contributed by atoms with Crippen LogP contribution in [0.5, 0.6) is 0 Å². The Kier molecular flexibility index (Phi) is 4.93. The van der Waals surface area contributed by atoms with Crippen molar-refractivity contribution < 1.29 is 9.90 Å². The summed E-state index contributed by atoms with van der Waals surface area (Å²) in [6.07, 6.45) is 0.181. The molecule has 0 spiro atoms. The van der Waals surface area contributed by atoms with E-state index in [4.69, 9.17) is 0 Å². The highest BCUT2D eigenvalue weighted by Gasteiger charge is 2.22. The van der Waals surface area contributed by atoms with Crippen LogP contribution in [0.4, 0.5) is 0 Å². The SMILES string of the molecule is Cc1scc(C(=O)NCCC(O)C(C)(C)C)c1C. The molecule has 4 heteroatoms. The van der Waals surface area contributed by atoms with Crippen LogP contribution in [0.25, 0.3) is 0 Å². The first kappa shape index (κ1) is 15.2. The van der Waals surface area contributed by atoms with Gasteiger partial charge in [0, 0.05) is 16.8 Å². The summed E-state index contributed by atoms with van der Waals surface area (Å²) in [5.41, 5.74) is 1.66. The van der Waals surface area contributed by atoms with Crippen LogP contribution in [0.3, 0.4) is 0 Å². The summed E-state index contributed by atoms with van der Waals surface area (Å²) in [4.78, 5) is 13.1. The molecule has 1 aromatic heterocycles. The first-order valence-corrected chi connectivity index (χ1v) is 7.12. The van der Waals surface area contributed by atoms with Crippen LogP contribution in [0, 0.1) is 19.3 Å². The summed E-state index contributed by atoms with van der Waals surface area (Å²) in [6.45, 7) is 10.5. The third-order valence-electron chi connectivity index (χ3n) is 3.23. The Bertz CT molecular complexity index is 418. The van der Waals surface area contributed by atoms with E-state index in [0.29, 0.717) is 13.0 Å². The van der Waals surface area contributed by atoms with Gasteiger partial charge in [0.1, 0.15) is 0 Å². The Balaban J connectivity index is 2.46. The van der Waals surface area contributed by atoms with E-state index in [0.717, 1.165) is 11.1 Å². The van der Waals surface area contributed by atoms with Crippen LogP contribution in [0.1, 0.15) is 48.0 Å². The van der Waals surface area contributed by atoms with Gasteiger partial charge < -0.3 is 10.4 Å². The lowest BCUT2D eigenvalue weighted by Gasteiger charge is -2.25. The number of aliphatic hydroxyl groups is 1. The van der Waals surface area contributed by atoms with Crippen molar-refractivity contribution in [3.05, 3.63) is 21.4 Å². The fourth-order valence-corrected chi connectivity index (χ4v) is 2.45. The Labute approximate surface area is 113 Å². The number of aliphatic hydroxyl groups excluding tert-OH is 1. The number of thiophene rings is 1. The zero-order valence-corrected chi connectivity index (χ0v) is 12.6. The Hall–Kier alpha value is -0.870. The average Bonchev–Trinajstić information content (AvgIpc) is 2.58. The lowest BCUT2D eigenvalue weighted by atomic mass is 9.87. The Morgan fingerprint density at radius 1 is 1.44 bits per heavy atom. The first-order valence-electron chi connectivity index (χ1n) is 6.24. The van der Waals surface area contributed by atoms with Crippen LogP contribution in [-0.4, -0.2) is 23.7 Å². The van der Waals surface area contributed by atoms with Gasteiger partial charge in [0.25, 0.3) is 5.91 Å². The number of amides is 1. The number of carbonyl (C=O) groups excluding carboxylic acids is 1. The fourth-order valence-electron chi connectivity index (χ4n) is 1.59. The van der Waals surface area contributed by atoms with E-state index in [1.807, 2.05) is 40.0 Å². The molecular weight excluding hydrogens is 246 g/mol. The van der Waals surface area contributed by atoms with Gasteiger partial charge in [0.05, 0.1) is 11.7 Å². The predicted molar refractivity (Wildman–Crippen MR) is 76.2 cm³/mol. The minimum atomic E-state index is -0.400. The van der Waals surface area contributed by atoms with Crippen molar-refractivity contribution in [2.24, 2.45) is 5.41 Å². The Morgan fingerprint density at radius 3 is 2.50 bits per heavy atom. The maximum absolute atomic E-state index is 11.9. The van der Waals surface area contributed by atoms with Crippen molar-refractivity contribution >= 4 is 17.2 Å². The maximum Gasteiger partial charge on any atom is 0.252 e. The second-order valence-electron chi connectivity index (χ2n) is 5.76. The lowest BCUT2D eigenvalue weighted by molar-refractivity contribution is 0.0551. The van der Waals surface area contributed by atoms with Crippen molar-refractivity contribution in [1.29, 1.82) is 0 Å². The molecule has 0 fully saturated rings. The molecule has 0 aliphatic rings. The molecule has 0 aromatic carbocycles. The van der Waals surface area contributed by atoms with Gasteiger partial charge in [0.2, 0.25) is 0 Å². The first-order chi connectivity index (χ1) is 8.23. The van der Waals surface area contributed by atoms with Crippen LogP contribution in [0.2, 0.25) is 0 Å². The van der Waals surface area contributed by atoms with Crippen molar-refractivity contribution in [2.45, 2.75) is 47.1 Å². The topological polar surface area (TPSA) is 49.3 Å². The highest BCUT2D eigenvalue weighted by atomic mass is 32.1. The van der Waals surface area contributed by atoms with Crippen LogP contribution >= 0.6 is 11.3 Å². The molecule has 0 saturated heterocycles. The monoisotopic (exact) mass is 269 g/mol. The summed E-state index contributed by atoms with van der Waals surface area (Å²) >= 11 is 1.59. The second kappa shape index (κ2) is 5.85. The zero-order valence-electron chi connectivity index (χ0n) is 11.8. The molecule has 0 bridgehead atoms. The van der Waals surface area contributed by atoms with E-state index in [1.165, 1.54) is 4.88 Å². The molecule has 2 N–H and O–H groups in total. The van der Waals surface area contributed by atoms with Crippen LogP contribution < -0.4 is 5.32 Å². The third kappa shape index (κ3) is 3.82. The van der Waals surface area contributed by atoms with Crippen molar-refractivity contribution in [1.82, 2.24) is 5.32 Å². The number of rotatable bonds is 4. The molecule has 0 aliphatic carbocycles. The second-order valence-corrected chi connectivity index (χ2v) is 6.84. The fraction of sp³-hybridized carbons (Fsp3) is 0.643. The summed E-state index contributed by atoms with van der Waals surface area (Å²) < 4.78 is 0. The molecule has 1 aromatic rings. The molecule has 3 nitrogen and oxygen atoms in total. The normalized spacial score (nSPS) is 13.4. The van der Waals surface area contributed by atoms with E-state index in [1.54, 1.807) is 11.3 Å². The number of hydrogen-bond acceptors (Lipinski definition) is 3. The predicted octanol–water partition coefficient (Wildman–Crippen LogP) is 2.89. The van der Waals surface area contributed by atoms with Crippen LogP contribution in [-0.2, 0) is 0 Å². The van der Waals surface area contributed by atoms with E-state index in [2.05, 4.69) is 5.32 Å². The number of nitrogens with one attached hydrogen (secondary N) is 1. The van der Waals surface area contributed by atoms with Gasteiger partial charge in [-0.05, 0) is 31.2 Å². The maximum atomic E-state index is 11.9. The minimum absolute atomic E-state index is 0.0436. The zero-order chi connectivity index (χ0) is 13.9. The molecule has 1 unspecified atom stereocenters. The average molecular weight is 269 g/mol. The van der Waals surface area contributed by atoms with Gasteiger partial charge in [-0.25, -0.2) is 0 Å². The molecule has 1 heterocycles. The molecular formula is C14H23NO2S.